The molecule has 0 amide bonds. The molecule has 7 nitrogen and oxygen atoms in total. The minimum Gasteiger partial charge on any atom is -0.411 e. The Morgan fingerprint density at radius 2 is 1.46 bits per heavy atom. The molecule has 2 N–H and O–H groups in total. The Hall–Kier alpha value is -2.57. The van der Waals surface area contributed by atoms with Gasteiger partial charge in [0.1, 0.15) is 0 Å². The van der Waals surface area contributed by atoms with Gasteiger partial charge in [-0.3, -0.25) is 15.0 Å². The van der Waals surface area contributed by atoms with Gasteiger partial charge in [-0.05, 0) is 46.2 Å². The van der Waals surface area contributed by atoms with Crippen LogP contribution in [0.1, 0.15) is 33.4 Å². The zero-order chi connectivity index (χ0) is 17.9. The molecule has 24 heavy (non-hydrogen) atoms. The maximum Gasteiger partial charge on any atom is 0.0971 e. The fourth-order valence-electron chi connectivity index (χ4n) is 1.91. The van der Waals surface area contributed by atoms with Crippen LogP contribution in [0.5, 0.6) is 0 Å². The number of hydrogen-bond acceptors (Lipinski definition) is 7. The molecule has 1 aromatic heterocycles. The zero-order valence-electron chi connectivity index (χ0n) is 14.6. The highest BCUT2D eigenvalue weighted by Crippen LogP contribution is 2.09. The van der Waals surface area contributed by atoms with Crippen molar-refractivity contribution in [2.24, 2.45) is 26.2 Å². The molecule has 0 bridgehead atoms. The molecule has 7 heteroatoms. The van der Waals surface area contributed by atoms with Gasteiger partial charge in [0.15, 0.2) is 0 Å². The van der Waals surface area contributed by atoms with Crippen LogP contribution in [-0.2, 0) is 6.42 Å². The van der Waals surface area contributed by atoms with Gasteiger partial charge in [0.05, 0.1) is 22.8 Å². The van der Waals surface area contributed by atoms with Crippen LogP contribution in [0.2, 0.25) is 0 Å². The summed E-state index contributed by atoms with van der Waals surface area (Å²) in [4.78, 5) is 13.3. The van der Waals surface area contributed by atoms with E-state index in [-0.39, 0.29) is 5.92 Å². The van der Waals surface area contributed by atoms with Gasteiger partial charge in [-0.25, -0.2) is 0 Å². The van der Waals surface area contributed by atoms with E-state index in [0.29, 0.717) is 35.9 Å². The van der Waals surface area contributed by atoms with Gasteiger partial charge in [0.25, 0.3) is 0 Å². The van der Waals surface area contributed by atoms with E-state index in [1.165, 1.54) is 0 Å². The first-order valence-corrected chi connectivity index (χ1v) is 7.78. The Labute approximate surface area is 142 Å². The number of oxime groups is 2. The van der Waals surface area contributed by atoms with Gasteiger partial charge < -0.3 is 10.4 Å². The van der Waals surface area contributed by atoms with Crippen LogP contribution in [-0.4, -0.2) is 51.3 Å². The highest BCUT2D eigenvalue weighted by atomic mass is 16.4. The van der Waals surface area contributed by atoms with Crippen LogP contribution < -0.4 is 0 Å². The third-order valence-electron chi connectivity index (χ3n) is 3.74. The van der Waals surface area contributed by atoms with Gasteiger partial charge in [-0.15, -0.1) is 0 Å². The average molecular weight is 331 g/mol. The molecule has 0 aliphatic heterocycles. The molecule has 0 atom stereocenters. The van der Waals surface area contributed by atoms with E-state index >= 15 is 0 Å². The third kappa shape index (κ3) is 6.68. The molecular weight excluding hydrogens is 306 g/mol. The quantitative estimate of drug-likeness (QED) is 0.435. The van der Waals surface area contributed by atoms with Crippen LogP contribution in [0, 0.1) is 5.92 Å². The fourth-order valence-corrected chi connectivity index (χ4v) is 1.91. The van der Waals surface area contributed by atoms with Crippen molar-refractivity contribution in [1.29, 1.82) is 0 Å². The number of nitrogens with zero attached hydrogens (tertiary/aromatic N) is 5. The first-order valence-electron chi connectivity index (χ1n) is 7.78. The molecule has 1 aromatic rings. The SMILES string of the molecule is CC(=NCC(CN=C(C)/C(C)=N/O)Cc1ccccn1)/C(C)=N/O. The molecule has 0 spiro atoms. The highest BCUT2D eigenvalue weighted by Gasteiger charge is 2.11. The van der Waals surface area contributed by atoms with Crippen molar-refractivity contribution >= 4 is 22.8 Å². The summed E-state index contributed by atoms with van der Waals surface area (Å²) >= 11 is 0. The smallest absolute Gasteiger partial charge is 0.0971 e. The topological polar surface area (TPSA) is 103 Å². The lowest BCUT2D eigenvalue weighted by molar-refractivity contribution is 0.319. The molecule has 1 heterocycles. The fraction of sp³-hybridized carbons (Fsp3) is 0.471. The number of aromatic nitrogens is 1. The summed E-state index contributed by atoms with van der Waals surface area (Å²) in [5.41, 5.74) is 3.35. The van der Waals surface area contributed by atoms with E-state index in [9.17, 15) is 0 Å². The van der Waals surface area contributed by atoms with E-state index in [2.05, 4.69) is 25.3 Å². The van der Waals surface area contributed by atoms with Crippen molar-refractivity contribution in [2.75, 3.05) is 13.1 Å². The molecule has 0 aliphatic rings. The Balaban J connectivity index is 2.87. The Bertz CT molecular complexity index is 600. The summed E-state index contributed by atoms with van der Waals surface area (Å²) in [6, 6.07) is 5.81. The summed E-state index contributed by atoms with van der Waals surface area (Å²) in [7, 11) is 0. The highest BCUT2D eigenvalue weighted by molar-refractivity contribution is 6.40. The predicted molar refractivity (Wildman–Crippen MR) is 97.2 cm³/mol. The Kier molecular flexibility index (Phi) is 8.32. The van der Waals surface area contributed by atoms with Crippen molar-refractivity contribution in [2.45, 2.75) is 34.1 Å². The van der Waals surface area contributed by atoms with E-state index in [0.717, 1.165) is 12.1 Å². The van der Waals surface area contributed by atoms with Gasteiger partial charge in [-0.2, -0.15) is 0 Å². The number of pyridine rings is 1. The van der Waals surface area contributed by atoms with Crippen LogP contribution in [0.3, 0.4) is 0 Å². The van der Waals surface area contributed by atoms with Crippen LogP contribution >= 0.6 is 0 Å². The van der Waals surface area contributed by atoms with E-state index in [4.69, 9.17) is 10.4 Å². The zero-order valence-corrected chi connectivity index (χ0v) is 14.6. The first kappa shape index (κ1) is 19.5. The van der Waals surface area contributed by atoms with Gasteiger partial charge in [0.2, 0.25) is 0 Å². The molecule has 0 aromatic carbocycles. The number of hydrogen-bond donors (Lipinski definition) is 2. The molecule has 0 saturated carbocycles. The number of aliphatic imine (C=N–C) groups is 2. The van der Waals surface area contributed by atoms with E-state index < -0.39 is 0 Å². The molecule has 0 fully saturated rings. The molecular formula is C17H25N5O2. The van der Waals surface area contributed by atoms with Gasteiger partial charge >= 0.3 is 0 Å². The summed E-state index contributed by atoms with van der Waals surface area (Å²) in [5, 5.41) is 23.9. The Morgan fingerprint density at radius 3 is 1.88 bits per heavy atom. The first-order chi connectivity index (χ1) is 11.5. The minimum atomic E-state index is 0.141. The standard InChI is InChI=1S/C17H25N5O2/c1-12(14(3)21-23)19-10-16(9-17-7-5-6-8-18-17)11-20-13(2)15(4)22-24/h5-8,16,23-24H,9-11H2,1-4H3/b19-12?,20-13?,21-14+,22-15+. The van der Waals surface area contributed by atoms with Crippen LogP contribution in [0.15, 0.2) is 44.7 Å². The maximum atomic E-state index is 8.81. The van der Waals surface area contributed by atoms with Crippen molar-refractivity contribution in [1.82, 2.24) is 4.98 Å². The summed E-state index contributed by atoms with van der Waals surface area (Å²) in [5.74, 6) is 0.141. The largest absolute Gasteiger partial charge is 0.411 e. The number of rotatable bonds is 8. The lowest BCUT2D eigenvalue weighted by Gasteiger charge is -2.13. The van der Waals surface area contributed by atoms with E-state index in [1.54, 1.807) is 20.0 Å². The van der Waals surface area contributed by atoms with Crippen molar-refractivity contribution in [3.63, 3.8) is 0 Å². The van der Waals surface area contributed by atoms with Gasteiger partial charge in [-0.1, -0.05) is 16.4 Å². The second-order valence-electron chi connectivity index (χ2n) is 5.61. The molecule has 0 radical (unpaired) electrons. The summed E-state index contributed by atoms with van der Waals surface area (Å²) in [6.45, 7) is 8.11. The summed E-state index contributed by atoms with van der Waals surface area (Å²) in [6.07, 6.45) is 2.50. The van der Waals surface area contributed by atoms with Crippen LogP contribution in [0.25, 0.3) is 0 Å². The monoisotopic (exact) mass is 331 g/mol. The normalized spacial score (nSPS) is 15.5. The lowest BCUT2D eigenvalue weighted by atomic mass is 10.0. The third-order valence-corrected chi connectivity index (χ3v) is 3.74. The molecule has 130 valence electrons. The molecule has 0 unspecified atom stereocenters. The van der Waals surface area contributed by atoms with E-state index in [1.807, 2.05) is 32.0 Å². The molecule has 1 rings (SSSR count). The van der Waals surface area contributed by atoms with Crippen molar-refractivity contribution in [3.8, 4) is 0 Å². The van der Waals surface area contributed by atoms with Crippen molar-refractivity contribution in [3.05, 3.63) is 30.1 Å². The maximum absolute atomic E-state index is 8.81. The molecule has 0 aliphatic carbocycles. The van der Waals surface area contributed by atoms with Crippen molar-refractivity contribution < 1.29 is 10.4 Å². The average Bonchev–Trinajstić information content (AvgIpc) is 2.62. The van der Waals surface area contributed by atoms with Gasteiger partial charge in [0, 0.05) is 30.9 Å². The second-order valence-corrected chi connectivity index (χ2v) is 5.61. The Morgan fingerprint density at radius 1 is 0.917 bits per heavy atom. The van der Waals surface area contributed by atoms with Crippen LogP contribution in [0.4, 0.5) is 0 Å². The summed E-state index contributed by atoms with van der Waals surface area (Å²) < 4.78 is 0. The molecule has 0 saturated heterocycles. The lowest BCUT2D eigenvalue weighted by Crippen LogP contribution is -2.18. The minimum absolute atomic E-state index is 0.141. The second kappa shape index (κ2) is 10.3. The predicted octanol–water partition coefficient (Wildman–Crippen LogP) is 2.86.